The minimum Gasteiger partial charge on any atom is -0.327 e. The Hall–Kier alpha value is 0.340. The lowest BCUT2D eigenvalue weighted by atomic mass is 10.8. The summed E-state index contributed by atoms with van der Waals surface area (Å²) in [4.78, 5) is 15.3. The molecule has 0 aromatic carbocycles. The molecule has 0 spiro atoms. The molecular formula is C3H8ClO3P. The average molecular weight is 159 g/mol. The molecule has 5 heteroatoms. The monoisotopic (exact) mass is 158 g/mol. The van der Waals surface area contributed by atoms with Gasteiger partial charge in [0, 0.05) is 0 Å². The van der Waals surface area contributed by atoms with Crippen molar-refractivity contribution in [1.29, 1.82) is 0 Å². The summed E-state index contributed by atoms with van der Waals surface area (Å²) in [5, 5.41) is 0. The van der Waals surface area contributed by atoms with Crippen LogP contribution in [-0.4, -0.2) is 9.79 Å². The van der Waals surface area contributed by atoms with Crippen molar-refractivity contribution in [1.82, 2.24) is 0 Å². The van der Waals surface area contributed by atoms with Crippen LogP contribution in [0.4, 0.5) is 0 Å². The molecule has 0 bridgehead atoms. The maximum absolute atomic E-state index is 7.63. The summed E-state index contributed by atoms with van der Waals surface area (Å²) in [5.41, 5.74) is 0. The first-order valence-corrected chi connectivity index (χ1v) is 3.20. The van der Waals surface area contributed by atoms with Crippen LogP contribution in [0.15, 0.2) is 12.7 Å². The highest BCUT2D eigenvalue weighted by Gasteiger charge is 1.89. The summed E-state index contributed by atoms with van der Waals surface area (Å²) in [6.45, 7) is 5.25. The standard InChI is InChI=1S/C3H6.ClH2O3P/c1-3-2;1-4-5(2)3/h3H,1H2,2H3;2-3H. The van der Waals surface area contributed by atoms with E-state index in [1.54, 1.807) is 6.08 Å². The van der Waals surface area contributed by atoms with E-state index in [4.69, 9.17) is 9.79 Å². The summed E-state index contributed by atoms with van der Waals surface area (Å²) in [7, 11) is -2.33. The first-order chi connectivity index (χ1) is 3.68. The van der Waals surface area contributed by atoms with Gasteiger partial charge in [0.25, 0.3) is 0 Å². The summed E-state index contributed by atoms with van der Waals surface area (Å²) >= 11 is 4.37. The number of allylic oxidation sites excluding steroid dienone is 1. The minimum absolute atomic E-state index is 1.75. The maximum atomic E-state index is 7.63. The van der Waals surface area contributed by atoms with Crippen molar-refractivity contribution in [3.05, 3.63) is 12.7 Å². The minimum atomic E-state index is -2.33. The predicted octanol–water partition coefficient (Wildman–Crippen LogP) is 1.56. The van der Waals surface area contributed by atoms with Crippen molar-refractivity contribution in [2.45, 2.75) is 6.92 Å². The Kier molecular flexibility index (Phi) is 14.5. The van der Waals surface area contributed by atoms with E-state index in [0.717, 1.165) is 0 Å². The highest BCUT2D eigenvalue weighted by Crippen LogP contribution is 2.25. The lowest BCUT2D eigenvalue weighted by Crippen LogP contribution is -1.59. The molecule has 0 aromatic rings. The van der Waals surface area contributed by atoms with Crippen molar-refractivity contribution >= 4 is 20.5 Å². The van der Waals surface area contributed by atoms with Gasteiger partial charge in [-0.05, 0) is 6.92 Å². The molecular weight excluding hydrogens is 150 g/mol. The number of hydrogen-bond donors (Lipinski definition) is 2. The summed E-state index contributed by atoms with van der Waals surface area (Å²) in [6.07, 6.45) is 1.75. The predicted molar refractivity (Wildman–Crippen MR) is 34.2 cm³/mol. The van der Waals surface area contributed by atoms with Gasteiger partial charge in [0.05, 0.1) is 11.9 Å². The fourth-order valence-electron chi connectivity index (χ4n) is 0. The van der Waals surface area contributed by atoms with Crippen molar-refractivity contribution in [2.24, 2.45) is 0 Å². The highest BCUT2D eigenvalue weighted by molar-refractivity contribution is 7.40. The van der Waals surface area contributed by atoms with Crippen molar-refractivity contribution in [2.75, 3.05) is 0 Å². The third kappa shape index (κ3) is 33.0. The van der Waals surface area contributed by atoms with Crippen molar-refractivity contribution in [3.63, 3.8) is 0 Å². The second-order valence-corrected chi connectivity index (χ2v) is 1.79. The van der Waals surface area contributed by atoms with Gasteiger partial charge in [0.15, 0.2) is 0 Å². The van der Waals surface area contributed by atoms with E-state index in [0.29, 0.717) is 0 Å². The molecule has 0 heterocycles. The molecule has 0 aromatic heterocycles. The third-order valence-electron chi connectivity index (χ3n) is 0.0617. The zero-order valence-corrected chi connectivity index (χ0v) is 6.06. The first-order valence-electron chi connectivity index (χ1n) is 1.72. The second-order valence-electron chi connectivity index (χ2n) is 0.730. The lowest BCUT2D eigenvalue weighted by Gasteiger charge is -1.85. The number of rotatable bonds is 1. The van der Waals surface area contributed by atoms with E-state index in [1.165, 1.54) is 0 Å². The Morgan fingerprint density at radius 2 is 1.88 bits per heavy atom. The zero-order valence-electron chi connectivity index (χ0n) is 4.41. The molecule has 0 aliphatic carbocycles. The van der Waals surface area contributed by atoms with Crippen LogP contribution in [0.1, 0.15) is 6.92 Å². The van der Waals surface area contributed by atoms with Crippen LogP contribution in [0.3, 0.4) is 0 Å². The Bertz CT molecular complexity index is 49.8. The van der Waals surface area contributed by atoms with Crippen LogP contribution in [0, 0.1) is 0 Å². The van der Waals surface area contributed by atoms with Gasteiger partial charge in [-0.3, -0.25) is 0 Å². The summed E-state index contributed by atoms with van der Waals surface area (Å²) in [5.74, 6) is 0. The molecule has 3 nitrogen and oxygen atoms in total. The SMILES string of the molecule is C=CC.OP(O)OCl. The molecule has 0 saturated heterocycles. The van der Waals surface area contributed by atoms with Gasteiger partial charge in [-0.1, -0.05) is 6.08 Å². The third-order valence-corrected chi connectivity index (χ3v) is 0.555. The lowest BCUT2D eigenvalue weighted by molar-refractivity contribution is 0.389. The fourth-order valence-corrected chi connectivity index (χ4v) is 0. The van der Waals surface area contributed by atoms with E-state index in [-0.39, 0.29) is 0 Å². The van der Waals surface area contributed by atoms with E-state index in [1.807, 2.05) is 6.92 Å². The van der Waals surface area contributed by atoms with Crippen LogP contribution in [0.5, 0.6) is 0 Å². The van der Waals surface area contributed by atoms with E-state index < -0.39 is 8.60 Å². The van der Waals surface area contributed by atoms with Gasteiger partial charge in [0.2, 0.25) is 0 Å². The molecule has 2 N–H and O–H groups in total. The topological polar surface area (TPSA) is 49.7 Å². The molecule has 50 valence electrons. The van der Waals surface area contributed by atoms with E-state index in [2.05, 4.69) is 22.5 Å². The molecule has 0 aliphatic rings. The Morgan fingerprint density at radius 3 is 1.88 bits per heavy atom. The zero-order chi connectivity index (χ0) is 6.99. The molecule has 0 radical (unpaired) electrons. The van der Waals surface area contributed by atoms with Crippen molar-refractivity contribution in [3.8, 4) is 0 Å². The molecule has 0 saturated carbocycles. The molecule has 0 atom stereocenters. The largest absolute Gasteiger partial charge is 0.344 e. The highest BCUT2D eigenvalue weighted by atomic mass is 35.5. The first kappa shape index (κ1) is 11.2. The van der Waals surface area contributed by atoms with Gasteiger partial charge in [-0.2, -0.15) is 4.08 Å². The van der Waals surface area contributed by atoms with Crippen molar-refractivity contribution < 1.29 is 13.9 Å². The van der Waals surface area contributed by atoms with Crippen LogP contribution in [0.2, 0.25) is 0 Å². The maximum Gasteiger partial charge on any atom is 0.344 e. The van der Waals surface area contributed by atoms with Crippen LogP contribution in [-0.2, 0) is 4.08 Å². The van der Waals surface area contributed by atoms with Gasteiger partial charge in [-0.25, -0.2) is 0 Å². The van der Waals surface area contributed by atoms with Crippen LogP contribution < -0.4 is 0 Å². The molecule has 0 aliphatic heterocycles. The van der Waals surface area contributed by atoms with E-state index >= 15 is 0 Å². The second kappa shape index (κ2) is 10.3. The molecule has 8 heavy (non-hydrogen) atoms. The smallest absolute Gasteiger partial charge is 0.327 e. The number of hydrogen-bond acceptors (Lipinski definition) is 3. The molecule has 0 amide bonds. The van der Waals surface area contributed by atoms with Crippen LogP contribution >= 0.6 is 20.5 Å². The average Bonchev–Trinajstić information content (AvgIpc) is 1.69. The Balaban J connectivity index is 0. The van der Waals surface area contributed by atoms with E-state index in [9.17, 15) is 0 Å². The summed E-state index contributed by atoms with van der Waals surface area (Å²) < 4.78 is 3.40. The number of halogens is 1. The van der Waals surface area contributed by atoms with Gasteiger partial charge < -0.3 is 9.79 Å². The summed E-state index contributed by atoms with van der Waals surface area (Å²) in [6, 6.07) is 0. The van der Waals surface area contributed by atoms with Crippen LogP contribution in [0.25, 0.3) is 0 Å². The molecule has 0 rings (SSSR count). The Morgan fingerprint density at radius 1 is 1.75 bits per heavy atom. The van der Waals surface area contributed by atoms with Gasteiger partial charge in [-0.15, -0.1) is 6.58 Å². The normalized spacial score (nSPS) is 7.62. The fraction of sp³-hybridized carbons (Fsp3) is 0.333. The van der Waals surface area contributed by atoms with Gasteiger partial charge in [0.1, 0.15) is 0 Å². The quantitative estimate of drug-likeness (QED) is 0.450. The van der Waals surface area contributed by atoms with Gasteiger partial charge >= 0.3 is 8.60 Å². The molecule has 0 unspecified atom stereocenters. The Labute approximate surface area is 54.7 Å². The molecule has 0 fully saturated rings.